The molecule has 1 atom stereocenters. The summed E-state index contributed by atoms with van der Waals surface area (Å²) in [4.78, 5) is 4.29. The van der Waals surface area contributed by atoms with Gasteiger partial charge in [0.05, 0.1) is 4.47 Å². The molecule has 0 saturated carbocycles. The van der Waals surface area contributed by atoms with Crippen LogP contribution in [0.4, 0.5) is 8.78 Å². The number of halogens is 3. The summed E-state index contributed by atoms with van der Waals surface area (Å²) in [6.07, 6.45) is 1.16. The first-order chi connectivity index (χ1) is 8.97. The van der Waals surface area contributed by atoms with Crippen molar-refractivity contribution in [3.05, 3.63) is 33.8 Å². The van der Waals surface area contributed by atoms with Crippen LogP contribution < -0.4 is 0 Å². The van der Waals surface area contributed by atoms with E-state index in [9.17, 15) is 8.78 Å². The Bertz CT molecular complexity index is 453. The normalized spacial score (nSPS) is 20.4. The number of hydrogen-bond acceptors (Lipinski definition) is 2. The Hall–Kier alpha value is -0.520. The summed E-state index contributed by atoms with van der Waals surface area (Å²) in [5.41, 5.74) is 0.142. The van der Waals surface area contributed by atoms with E-state index in [1.54, 1.807) is 0 Å². The van der Waals surface area contributed by atoms with Gasteiger partial charge in [-0.05, 0) is 61.0 Å². The summed E-state index contributed by atoms with van der Waals surface area (Å²) < 4.78 is 27.9. The van der Waals surface area contributed by atoms with E-state index in [1.165, 1.54) is 12.1 Å². The average Bonchev–Trinajstić information content (AvgIpc) is 2.75. The van der Waals surface area contributed by atoms with Crippen LogP contribution in [0.5, 0.6) is 0 Å². The lowest BCUT2D eigenvalue weighted by molar-refractivity contribution is 0.260. The third kappa shape index (κ3) is 3.74. The molecule has 1 heterocycles. The predicted octanol–water partition coefficient (Wildman–Crippen LogP) is 3.11. The maximum Gasteiger partial charge on any atom is 0.144 e. The van der Waals surface area contributed by atoms with Crippen molar-refractivity contribution in [2.75, 3.05) is 33.7 Å². The molecule has 0 bridgehead atoms. The van der Waals surface area contributed by atoms with Gasteiger partial charge in [0.1, 0.15) is 11.6 Å². The van der Waals surface area contributed by atoms with Crippen molar-refractivity contribution >= 4 is 15.9 Å². The molecule has 0 N–H and O–H groups in total. The molecule has 0 amide bonds. The van der Waals surface area contributed by atoms with Crippen LogP contribution in [0.1, 0.15) is 12.0 Å². The van der Waals surface area contributed by atoms with Gasteiger partial charge in [0, 0.05) is 25.2 Å². The van der Waals surface area contributed by atoms with Crippen LogP contribution in [0.3, 0.4) is 0 Å². The average molecular weight is 333 g/mol. The maximum absolute atomic E-state index is 13.9. The van der Waals surface area contributed by atoms with Gasteiger partial charge in [-0.1, -0.05) is 0 Å². The number of hydrogen-bond donors (Lipinski definition) is 0. The SMILES string of the molecule is CN1CCC(CN(C)Cc2c(F)ccc(Br)c2F)C1. The molecule has 2 rings (SSSR count). The summed E-state index contributed by atoms with van der Waals surface area (Å²) in [5.74, 6) is -0.375. The molecular formula is C14H19BrF2N2. The first kappa shape index (κ1) is 14.9. The fourth-order valence-electron chi connectivity index (χ4n) is 2.66. The molecule has 5 heteroatoms. The highest BCUT2D eigenvalue weighted by atomic mass is 79.9. The Morgan fingerprint density at radius 2 is 2.16 bits per heavy atom. The molecule has 1 aliphatic rings. The topological polar surface area (TPSA) is 6.48 Å². The molecule has 0 spiro atoms. The zero-order valence-corrected chi connectivity index (χ0v) is 12.9. The van der Waals surface area contributed by atoms with Crippen molar-refractivity contribution in [2.45, 2.75) is 13.0 Å². The van der Waals surface area contributed by atoms with Gasteiger partial charge in [0.15, 0.2) is 0 Å². The Kier molecular flexibility index (Phi) is 4.92. The molecule has 0 aliphatic carbocycles. The van der Waals surface area contributed by atoms with Gasteiger partial charge in [-0.15, -0.1) is 0 Å². The zero-order valence-electron chi connectivity index (χ0n) is 11.3. The summed E-state index contributed by atoms with van der Waals surface area (Å²) >= 11 is 3.10. The smallest absolute Gasteiger partial charge is 0.144 e. The van der Waals surface area contributed by atoms with Gasteiger partial charge >= 0.3 is 0 Å². The van der Waals surface area contributed by atoms with Gasteiger partial charge in [0.25, 0.3) is 0 Å². The van der Waals surface area contributed by atoms with E-state index in [2.05, 4.69) is 27.9 Å². The van der Waals surface area contributed by atoms with Crippen LogP contribution in [0, 0.1) is 17.6 Å². The molecule has 1 aromatic rings. The predicted molar refractivity (Wildman–Crippen MR) is 76.0 cm³/mol. The lowest BCUT2D eigenvalue weighted by atomic mass is 10.1. The molecule has 1 unspecified atom stereocenters. The van der Waals surface area contributed by atoms with Crippen molar-refractivity contribution in [3.63, 3.8) is 0 Å². The van der Waals surface area contributed by atoms with Crippen molar-refractivity contribution in [3.8, 4) is 0 Å². The number of likely N-dealkylation sites (tertiary alicyclic amines) is 1. The van der Waals surface area contributed by atoms with Gasteiger partial charge in [-0.3, -0.25) is 0 Å². The van der Waals surface area contributed by atoms with Crippen molar-refractivity contribution in [2.24, 2.45) is 5.92 Å². The van der Waals surface area contributed by atoms with Crippen LogP contribution in [0.2, 0.25) is 0 Å². The van der Waals surface area contributed by atoms with Gasteiger partial charge < -0.3 is 9.80 Å². The van der Waals surface area contributed by atoms with Crippen LogP contribution >= 0.6 is 15.9 Å². The quantitative estimate of drug-likeness (QED) is 0.782. The monoisotopic (exact) mass is 332 g/mol. The van der Waals surface area contributed by atoms with E-state index in [-0.39, 0.29) is 5.56 Å². The zero-order chi connectivity index (χ0) is 14.0. The lowest BCUT2D eigenvalue weighted by Crippen LogP contribution is -2.27. The van der Waals surface area contributed by atoms with Gasteiger partial charge in [0.2, 0.25) is 0 Å². The minimum atomic E-state index is -0.490. The number of rotatable bonds is 4. The summed E-state index contributed by atoms with van der Waals surface area (Å²) in [6, 6.07) is 2.71. The molecule has 1 saturated heterocycles. The van der Waals surface area contributed by atoms with E-state index in [1.807, 2.05) is 11.9 Å². The first-order valence-electron chi connectivity index (χ1n) is 6.47. The molecule has 2 nitrogen and oxygen atoms in total. The third-order valence-corrected chi connectivity index (χ3v) is 4.24. The number of nitrogens with zero attached hydrogens (tertiary/aromatic N) is 2. The molecule has 0 radical (unpaired) electrons. The van der Waals surface area contributed by atoms with Crippen LogP contribution in [-0.2, 0) is 6.54 Å². The molecular weight excluding hydrogens is 314 g/mol. The Morgan fingerprint density at radius 3 is 2.79 bits per heavy atom. The van der Waals surface area contributed by atoms with Crippen LogP contribution in [0.25, 0.3) is 0 Å². The Balaban J connectivity index is 1.99. The van der Waals surface area contributed by atoms with Crippen molar-refractivity contribution < 1.29 is 8.78 Å². The van der Waals surface area contributed by atoms with Crippen molar-refractivity contribution in [1.29, 1.82) is 0 Å². The molecule has 0 aromatic heterocycles. The van der Waals surface area contributed by atoms with Gasteiger partial charge in [-0.25, -0.2) is 8.78 Å². The lowest BCUT2D eigenvalue weighted by Gasteiger charge is -2.21. The molecule has 1 fully saturated rings. The minimum Gasteiger partial charge on any atom is -0.306 e. The van der Waals surface area contributed by atoms with Crippen LogP contribution in [0.15, 0.2) is 16.6 Å². The highest BCUT2D eigenvalue weighted by Gasteiger charge is 2.22. The fraction of sp³-hybridized carbons (Fsp3) is 0.571. The maximum atomic E-state index is 13.9. The molecule has 1 aromatic carbocycles. The largest absolute Gasteiger partial charge is 0.306 e. The minimum absolute atomic E-state index is 0.142. The van der Waals surface area contributed by atoms with E-state index < -0.39 is 11.6 Å². The second kappa shape index (κ2) is 6.29. The molecule has 106 valence electrons. The summed E-state index contributed by atoms with van der Waals surface area (Å²) in [5, 5.41) is 0. The van der Waals surface area contributed by atoms with E-state index >= 15 is 0 Å². The highest BCUT2D eigenvalue weighted by Crippen LogP contribution is 2.23. The summed E-state index contributed by atoms with van der Waals surface area (Å²) in [7, 11) is 4.02. The van der Waals surface area contributed by atoms with Crippen molar-refractivity contribution in [1.82, 2.24) is 9.80 Å². The van der Waals surface area contributed by atoms with Crippen LogP contribution in [-0.4, -0.2) is 43.5 Å². The van der Waals surface area contributed by atoms with Gasteiger partial charge in [-0.2, -0.15) is 0 Å². The summed E-state index contributed by atoms with van der Waals surface area (Å²) in [6.45, 7) is 3.35. The Morgan fingerprint density at radius 1 is 1.42 bits per heavy atom. The highest BCUT2D eigenvalue weighted by molar-refractivity contribution is 9.10. The third-order valence-electron chi connectivity index (χ3n) is 3.63. The fourth-order valence-corrected chi connectivity index (χ4v) is 3.04. The standard InChI is InChI=1S/C14H19BrF2N2/c1-18-6-5-10(7-18)8-19(2)9-11-13(16)4-3-12(15)14(11)17/h3-4,10H,5-9H2,1-2H3. The Labute approximate surface area is 121 Å². The van der Waals surface area contributed by atoms with E-state index in [4.69, 9.17) is 0 Å². The van der Waals surface area contributed by atoms with E-state index in [0.717, 1.165) is 26.1 Å². The number of benzene rings is 1. The second-order valence-corrected chi connectivity index (χ2v) is 6.29. The van der Waals surface area contributed by atoms with E-state index in [0.29, 0.717) is 16.9 Å². The molecule has 19 heavy (non-hydrogen) atoms. The second-order valence-electron chi connectivity index (χ2n) is 5.44. The first-order valence-corrected chi connectivity index (χ1v) is 7.26. The molecule has 1 aliphatic heterocycles.